The predicted molar refractivity (Wildman–Crippen MR) is 100 cm³/mol. The Bertz CT molecular complexity index is 525. The summed E-state index contributed by atoms with van der Waals surface area (Å²) in [6.07, 6.45) is 7.30. The van der Waals surface area contributed by atoms with Crippen molar-refractivity contribution in [2.24, 2.45) is 5.92 Å². The zero-order chi connectivity index (χ0) is 18.7. The van der Waals surface area contributed by atoms with Crippen molar-refractivity contribution in [3.05, 3.63) is 0 Å². The van der Waals surface area contributed by atoms with Gasteiger partial charge in [-0.2, -0.15) is 0 Å². The van der Waals surface area contributed by atoms with Crippen molar-refractivity contribution >= 4 is 11.8 Å². The molecule has 0 atom stereocenters. The summed E-state index contributed by atoms with van der Waals surface area (Å²) in [5.41, 5.74) is 0. The van der Waals surface area contributed by atoms with Gasteiger partial charge in [0.2, 0.25) is 11.8 Å². The van der Waals surface area contributed by atoms with Crippen LogP contribution in [0.2, 0.25) is 0 Å². The van der Waals surface area contributed by atoms with Crippen LogP contribution in [0.15, 0.2) is 0 Å². The van der Waals surface area contributed by atoms with Gasteiger partial charge in [-0.15, -0.1) is 0 Å². The Hall–Kier alpha value is -1.18. The van der Waals surface area contributed by atoms with E-state index < -0.39 is 5.79 Å². The Morgan fingerprint density at radius 1 is 0.815 bits per heavy atom. The summed E-state index contributed by atoms with van der Waals surface area (Å²) in [6.45, 7) is 6.32. The van der Waals surface area contributed by atoms with Gasteiger partial charge >= 0.3 is 0 Å². The zero-order valence-corrected chi connectivity index (χ0v) is 16.4. The van der Waals surface area contributed by atoms with Crippen molar-refractivity contribution in [1.29, 1.82) is 0 Å². The molecule has 0 radical (unpaired) electrons. The number of ether oxygens (including phenoxy) is 2. The van der Waals surface area contributed by atoms with E-state index in [1.807, 2.05) is 9.80 Å². The first kappa shape index (κ1) is 19.2. The third kappa shape index (κ3) is 4.46. The smallest absolute Gasteiger partial charge is 0.236 e. The van der Waals surface area contributed by atoms with E-state index in [-0.39, 0.29) is 11.8 Å². The lowest BCUT2D eigenvalue weighted by atomic mass is 9.88. The number of piperazine rings is 1. The fourth-order valence-electron chi connectivity index (χ4n) is 4.91. The first-order valence-electron chi connectivity index (χ1n) is 10.7. The Morgan fingerprint density at radius 2 is 1.44 bits per heavy atom. The molecule has 3 heterocycles. The summed E-state index contributed by atoms with van der Waals surface area (Å²) in [6, 6.07) is 0. The topological polar surface area (TPSA) is 62.3 Å². The minimum atomic E-state index is -0.429. The van der Waals surface area contributed by atoms with Gasteiger partial charge in [0.15, 0.2) is 5.79 Å². The van der Waals surface area contributed by atoms with Crippen LogP contribution in [0.5, 0.6) is 0 Å². The average molecular weight is 380 g/mol. The van der Waals surface area contributed by atoms with Gasteiger partial charge in [-0.05, 0) is 12.8 Å². The maximum absolute atomic E-state index is 12.7. The molecule has 4 rings (SSSR count). The highest BCUT2D eigenvalue weighted by Crippen LogP contribution is 2.31. The van der Waals surface area contributed by atoms with Gasteiger partial charge in [0.25, 0.3) is 0 Å². The van der Waals surface area contributed by atoms with Crippen molar-refractivity contribution in [2.45, 2.75) is 50.7 Å². The number of likely N-dealkylation sites (tertiary alicyclic amines) is 1. The lowest BCUT2D eigenvalue weighted by Gasteiger charge is -2.40. The Labute approximate surface area is 161 Å². The first-order valence-corrected chi connectivity index (χ1v) is 10.7. The summed E-state index contributed by atoms with van der Waals surface area (Å²) in [7, 11) is 0. The quantitative estimate of drug-likeness (QED) is 0.734. The number of rotatable bonds is 3. The molecule has 3 saturated heterocycles. The van der Waals surface area contributed by atoms with Crippen LogP contribution in [0.3, 0.4) is 0 Å². The van der Waals surface area contributed by atoms with Crippen LogP contribution in [0, 0.1) is 5.92 Å². The average Bonchev–Trinajstić information content (AvgIpc) is 3.17. The standard InChI is InChI=1S/C20H33N3O4/c24-18(22-8-6-20(7-9-22)26-14-15-27-20)16-21-10-12-23(13-11-21)19(25)17-4-2-1-3-5-17/h17H,1-16H2. The van der Waals surface area contributed by atoms with Gasteiger partial charge in [-0.1, -0.05) is 19.3 Å². The maximum atomic E-state index is 12.7. The van der Waals surface area contributed by atoms with Gasteiger partial charge in [0.05, 0.1) is 19.8 Å². The number of hydrogen-bond acceptors (Lipinski definition) is 5. The number of hydrogen-bond donors (Lipinski definition) is 0. The van der Waals surface area contributed by atoms with Gasteiger partial charge < -0.3 is 19.3 Å². The van der Waals surface area contributed by atoms with Crippen LogP contribution in [0.1, 0.15) is 44.9 Å². The summed E-state index contributed by atoms with van der Waals surface area (Å²) in [4.78, 5) is 31.5. The van der Waals surface area contributed by atoms with Crippen molar-refractivity contribution in [3.63, 3.8) is 0 Å². The molecule has 27 heavy (non-hydrogen) atoms. The normalized spacial score (nSPS) is 27.3. The van der Waals surface area contributed by atoms with Crippen LogP contribution in [-0.4, -0.2) is 91.3 Å². The molecule has 1 spiro atoms. The van der Waals surface area contributed by atoms with Crippen LogP contribution in [0.25, 0.3) is 0 Å². The number of piperidine rings is 1. The first-order chi connectivity index (χ1) is 13.2. The van der Waals surface area contributed by atoms with Crippen molar-refractivity contribution in [1.82, 2.24) is 14.7 Å². The molecule has 0 aromatic rings. The van der Waals surface area contributed by atoms with E-state index in [4.69, 9.17) is 9.47 Å². The summed E-state index contributed by atoms with van der Waals surface area (Å²) in [5.74, 6) is 0.350. The molecule has 7 nitrogen and oxygen atoms in total. The number of amides is 2. The van der Waals surface area contributed by atoms with Crippen LogP contribution >= 0.6 is 0 Å². The van der Waals surface area contributed by atoms with Crippen molar-refractivity contribution in [3.8, 4) is 0 Å². The molecule has 0 N–H and O–H groups in total. The molecule has 0 bridgehead atoms. The highest BCUT2D eigenvalue weighted by Gasteiger charge is 2.41. The molecular weight excluding hydrogens is 346 g/mol. The molecule has 0 unspecified atom stereocenters. The Kier molecular flexibility index (Phi) is 5.99. The molecule has 0 aromatic carbocycles. The second-order valence-corrected chi connectivity index (χ2v) is 8.42. The third-order valence-corrected chi connectivity index (χ3v) is 6.69. The van der Waals surface area contributed by atoms with Crippen LogP contribution in [-0.2, 0) is 19.1 Å². The minimum Gasteiger partial charge on any atom is -0.347 e. The van der Waals surface area contributed by atoms with E-state index in [9.17, 15) is 9.59 Å². The van der Waals surface area contributed by atoms with Crippen molar-refractivity contribution in [2.75, 3.05) is 59.0 Å². The van der Waals surface area contributed by atoms with E-state index in [1.54, 1.807) is 0 Å². The van der Waals surface area contributed by atoms with E-state index in [2.05, 4.69) is 4.90 Å². The van der Waals surface area contributed by atoms with Gasteiger partial charge in [-0.3, -0.25) is 14.5 Å². The largest absolute Gasteiger partial charge is 0.347 e. The molecule has 1 saturated carbocycles. The minimum absolute atomic E-state index is 0.190. The molecule has 0 aromatic heterocycles. The second-order valence-electron chi connectivity index (χ2n) is 8.42. The van der Waals surface area contributed by atoms with E-state index in [0.717, 1.165) is 51.9 Å². The third-order valence-electron chi connectivity index (χ3n) is 6.69. The Morgan fingerprint density at radius 3 is 2.07 bits per heavy atom. The number of carbonyl (C=O) groups excluding carboxylic acids is 2. The molecule has 152 valence electrons. The van der Waals surface area contributed by atoms with Gasteiger partial charge in [-0.25, -0.2) is 0 Å². The van der Waals surface area contributed by atoms with Gasteiger partial charge in [0.1, 0.15) is 0 Å². The SMILES string of the molecule is O=C(CN1CCN(C(=O)C2CCCCC2)CC1)N1CCC2(CC1)OCCO2. The molecule has 3 aliphatic heterocycles. The molecular formula is C20H33N3O4. The lowest BCUT2D eigenvalue weighted by Crippen LogP contribution is -2.54. The van der Waals surface area contributed by atoms with Crippen LogP contribution in [0.4, 0.5) is 0 Å². The van der Waals surface area contributed by atoms with E-state index >= 15 is 0 Å². The Balaban J connectivity index is 1.19. The molecule has 7 heteroatoms. The van der Waals surface area contributed by atoms with Crippen molar-refractivity contribution < 1.29 is 19.1 Å². The second kappa shape index (κ2) is 8.45. The van der Waals surface area contributed by atoms with Crippen LogP contribution < -0.4 is 0 Å². The monoisotopic (exact) mass is 379 g/mol. The molecule has 4 aliphatic rings. The van der Waals surface area contributed by atoms with E-state index in [1.165, 1.54) is 19.3 Å². The van der Waals surface area contributed by atoms with Gasteiger partial charge in [0, 0.05) is 58.0 Å². The fraction of sp³-hybridized carbons (Fsp3) is 0.900. The maximum Gasteiger partial charge on any atom is 0.236 e. The summed E-state index contributed by atoms with van der Waals surface area (Å²) in [5, 5.41) is 0. The predicted octanol–water partition coefficient (Wildman–Crippen LogP) is 1.08. The molecule has 1 aliphatic carbocycles. The fourth-order valence-corrected chi connectivity index (χ4v) is 4.91. The molecule has 2 amide bonds. The number of nitrogens with zero attached hydrogens (tertiary/aromatic N) is 3. The number of carbonyl (C=O) groups is 2. The zero-order valence-electron chi connectivity index (χ0n) is 16.4. The molecule has 4 fully saturated rings. The van der Waals surface area contributed by atoms with E-state index in [0.29, 0.717) is 38.8 Å². The highest BCUT2D eigenvalue weighted by molar-refractivity contribution is 5.79. The highest BCUT2D eigenvalue weighted by atomic mass is 16.7. The lowest BCUT2D eigenvalue weighted by molar-refractivity contribution is -0.187. The summed E-state index contributed by atoms with van der Waals surface area (Å²) < 4.78 is 11.5. The summed E-state index contributed by atoms with van der Waals surface area (Å²) >= 11 is 0.